The lowest BCUT2D eigenvalue weighted by atomic mass is 10.0. The molecule has 1 atom stereocenters. The minimum Gasteiger partial charge on any atom is -0.329 e. The van der Waals surface area contributed by atoms with E-state index in [2.05, 4.69) is 40.2 Å². The highest BCUT2D eigenvalue weighted by Crippen LogP contribution is 2.33. The summed E-state index contributed by atoms with van der Waals surface area (Å²) in [7, 11) is 0. The van der Waals surface area contributed by atoms with Gasteiger partial charge in [0, 0.05) is 24.8 Å². The second-order valence-corrected chi connectivity index (χ2v) is 5.55. The first kappa shape index (κ1) is 13.1. The molecule has 2 heterocycles. The Balaban J connectivity index is 1.83. The van der Waals surface area contributed by atoms with Gasteiger partial charge in [-0.1, -0.05) is 30.3 Å². The molecule has 2 aromatic rings. The quantitative estimate of drug-likeness (QED) is 0.929. The van der Waals surface area contributed by atoms with Gasteiger partial charge in [-0.2, -0.15) is 0 Å². The molecule has 0 spiro atoms. The molecule has 1 aromatic heterocycles. The third-order valence-electron chi connectivity index (χ3n) is 4.12. The van der Waals surface area contributed by atoms with Crippen molar-refractivity contribution in [2.75, 3.05) is 6.54 Å². The Morgan fingerprint density at radius 1 is 1.30 bits per heavy atom. The molecule has 3 nitrogen and oxygen atoms in total. The van der Waals surface area contributed by atoms with E-state index in [0.29, 0.717) is 6.04 Å². The zero-order chi connectivity index (χ0) is 13.9. The van der Waals surface area contributed by atoms with E-state index in [-0.39, 0.29) is 5.56 Å². The number of hydrogen-bond acceptors (Lipinski definition) is 2. The van der Waals surface area contributed by atoms with E-state index in [0.717, 1.165) is 18.7 Å². The summed E-state index contributed by atoms with van der Waals surface area (Å²) in [5.41, 5.74) is 3.69. The number of benzene rings is 1. The smallest absolute Gasteiger partial charge is 0.248 e. The van der Waals surface area contributed by atoms with Crippen LogP contribution in [0.15, 0.2) is 47.4 Å². The number of pyridine rings is 1. The van der Waals surface area contributed by atoms with Crippen molar-refractivity contribution in [3.05, 3.63) is 69.6 Å². The van der Waals surface area contributed by atoms with Gasteiger partial charge in [0.25, 0.3) is 0 Å². The Morgan fingerprint density at radius 3 is 2.85 bits per heavy atom. The van der Waals surface area contributed by atoms with Gasteiger partial charge < -0.3 is 4.98 Å². The molecule has 1 N–H and O–H groups in total. The maximum atomic E-state index is 11.4. The van der Waals surface area contributed by atoms with Crippen LogP contribution in [0, 0.1) is 6.92 Å². The van der Waals surface area contributed by atoms with Crippen LogP contribution < -0.4 is 5.56 Å². The maximum Gasteiger partial charge on any atom is 0.248 e. The highest BCUT2D eigenvalue weighted by molar-refractivity contribution is 5.26. The largest absolute Gasteiger partial charge is 0.329 e. The summed E-state index contributed by atoms with van der Waals surface area (Å²) in [6.45, 7) is 4.13. The molecule has 104 valence electrons. The Bertz CT molecular complexity index is 633. The first-order valence-corrected chi connectivity index (χ1v) is 7.21. The lowest BCUT2D eigenvalue weighted by Crippen LogP contribution is -2.24. The molecule has 0 aliphatic carbocycles. The van der Waals surface area contributed by atoms with E-state index in [9.17, 15) is 4.79 Å². The number of nitrogens with one attached hydrogen (secondary N) is 1. The molecule has 1 aromatic carbocycles. The van der Waals surface area contributed by atoms with E-state index >= 15 is 0 Å². The van der Waals surface area contributed by atoms with Crippen LogP contribution >= 0.6 is 0 Å². The average Bonchev–Trinajstić information content (AvgIpc) is 2.88. The molecule has 3 heteroatoms. The second-order valence-electron chi connectivity index (χ2n) is 5.55. The van der Waals surface area contributed by atoms with Crippen LogP contribution in [0.5, 0.6) is 0 Å². The second kappa shape index (κ2) is 5.63. The molecule has 0 unspecified atom stereocenters. The Morgan fingerprint density at radius 2 is 2.10 bits per heavy atom. The van der Waals surface area contributed by atoms with Crippen LogP contribution in [-0.2, 0) is 6.54 Å². The third-order valence-corrected chi connectivity index (χ3v) is 4.12. The molecule has 0 amide bonds. The van der Waals surface area contributed by atoms with Crippen LogP contribution in [0.2, 0.25) is 0 Å². The van der Waals surface area contributed by atoms with Gasteiger partial charge in [-0.3, -0.25) is 9.69 Å². The molecule has 1 fully saturated rings. The average molecular weight is 268 g/mol. The van der Waals surface area contributed by atoms with Crippen molar-refractivity contribution in [3.8, 4) is 0 Å². The Labute approximate surface area is 119 Å². The van der Waals surface area contributed by atoms with Crippen molar-refractivity contribution in [1.29, 1.82) is 0 Å². The lowest BCUT2D eigenvalue weighted by molar-refractivity contribution is 0.247. The summed E-state index contributed by atoms with van der Waals surface area (Å²) >= 11 is 0. The van der Waals surface area contributed by atoms with Gasteiger partial charge in [0.15, 0.2) is 0 Å². The topological polar surface area (TPSA) is 36.1 Å². The molecule has 1 saturated heterocycles. The molecule has 1 aliphatic heterocycles. The zero-order valence-corrected chi connectivity index (χ0v) is 11.8. The molecule has 1 aliphatic rings. The number of H-pyrrole nitrogens is 1. The summed E-state index contributed by atoms with van der Waals surface area (Å²) in [6, 6.07) is 12.7. The van der Waals surface area contributed by atoms with Gasteiger partial charge >= 0.3 is 0 Å². The van der Waals surface area contributed by atoms with Gasteiger partial charge in [0.2, 0.25) is 5.56 Å². The SMILES string of the molecule is Cc1cc(=O)[nH]cc1[C@H]1CCCN1Cc1ccccc1. The normalized spacial score (nSPS) is 19.4. The number of hydrogen-bond donors (Lipinski definition) is 1. The molecule has 20 heavy (non-hydrogen) atoms. The number of aromatic amines is 1. The highest BCUT2D eigenvalue weighted by Gasteiger charge is 2.27. The van der Waals surface area contributed by atoms with Gasteiger partial charge in [0.1, 0.15) is 0 Å². The number of nitrogens with zero attached hydrogens (tertiary/aromatic N) is 1. The first-order chi connectivity index (χ1) is 9.74. The molecule has 0 bridgehead atoms. The van der Waals surface area contributed by atoms with Crippen LogP contribution in [0.3, 0.4) is 0 Å². The number of aryl methyl sites for hydroxylation is 1. The summed E-state index contributed by atoms with van der Waals surface area (Å²) in [6.07, 6.45) is 4.28. The third kappa shape index (κ3) is 2.68. The fourth-order valence-electron chi connectivity index (χ4n) is 3.13. The predicted octanol–water partition coefficient (Wildman–Crippen LogP) is 3.02. The van der Waals surface area contributed by atoms with Crippen molar-refractivity contribution in [2.24, 2.45) is 0 Å². The molecular formula is C17H20N2O. The number of likely N-dealkylation sites (tertiary alicyclic amines) is 1. The van der Waals surface area contributed by atoms with E-state index in [1.54, 1.807) is 6.07 Å². The predicted molar refractivity (Wildman–Crippen MR) is 80.6 cm³/mol. The molecular weight excluding hydrogens is 248 g/mol. The van der Waals surface area contributed by atoms with E-state index in [1.165, 1.54) is 24.0 Å². The van der Waals surface area contributed by atoms with E-state index < -0.39 is 0 Å². The summed E-state index contributed by atoms with van der Waals surface area (Å²) in [5.74, 6) is 0. The summed E-state index contributed by atoms with van der Waals surface area (Å²) < 4.78 is 0. The van der Waals surface area contributed by atoms with Gasteiger partial charge in [-0.25, -0.2) is 0 Å². The van der Waals surface area contributed by atoms with Crippen LogP contribution in [0.4, 0.5) is 0 Å². The number of aromatic nitrogens is 1. The van der Waals surface area contributed by atoms with Gasteiger partial charge in [0.05, 0.1) is 0 Å². The summed E-state index contributed by atoms with van der Waals surface area (Å²) in [5, 5.41) is 0. The minimum atomic E-state index is -0.0149. The van der Waals surface area contributed by atoms with Crippen molar-refractivity contribution < 1.29 is 0 Å². The van der Waals surface area contributed by atoms with Crippen LogP contribution in [-0.4, -0.2) is 16.4 Å². The van der Waals surface area contributed by atoms with Crippen molar-refractivity contribution in [3.63, 3.8) is 0 Å². The fraction of sp³-hybridized carbons (Fsp3) is 0.353. The van der Waals surface area contributed by atoms with E-state index in [4.69, 9.17) is 0 Å². The van der Waals surface area contributed by atoms with Crippen molar-refractivity contribution in [1.82, 2.24) is 9.88 Å². The zero-order valence-electron chi connectivity index (χ0n) is 11.8. The summed E-state index contributed by atoms with van der Waals surface area (Å²) in [4.78, 5) is 16.7. The Kier molecular flexibility index (Phi) is 3.70. The molecule has 3 rings (SSSR count). The van der Waals surface area contributed by atoms with Gasteiger partial charge in [-0.05, 0) is 43.0 Å². The number of rotatable bonds is 3. The standard InChI is InChI=1S/C17H20N2O/c1-13-10-17(20)18-11-15(13)16-8-5-9-19(16)12-14-6-3-2-4-7-14/h2-4,6-7,10-11,16H,5,8-9,12H2,1H3,(H,18,20)/t16-/m1/s1. The van der Waals surface area contributed by atoms with Crippen molar-refractivity contribution in [2.45, 2.75) is 32.4 Å². The Hall–Kier alpha value is -1.87. The fourth-order valence-corrected chi connectivity index (χ4v) is 3.13. The minimum absolute atomic E-state index is 0.0149. The van der Waals surface area contributed by atoms with E-state index in [1.807, 2.05) is 13.1 Å². The van der Waals surface area contributed by atoms with Crippen LogP contribution in [0.25, 0.3) is 0 Å². The molecule has 0 saturated carbocycles. The van der Waals surface area contributed by atoms with Crippen LogP contribution in [0.1, 0.15) is 35.6 Å². The van der Waals surface area contributed by atoms with Gasteiger partial charge in [-0.15, -0.1) is 0 Å². The monoisotopic (exact) mass is 268 g/mol. The first-order valence-electron chi connectivity index (χ1n) is 7.21. The maximum absolute atomic E-state index is 11.4. The highest BCUT2D eigenvalue weighted by atomic mass is 16.1. The lowest BCUT2D eigenvalue weighted by Gasteiger charge is -2.25. The van der Waals surface area contributed by atoms with Crippen molar-refractivity contribution >= 4 is 0 Å². The molecule has 0 radical (unpaired) electrons.